The van der Waals surface area contributed by atoms with Crippen LogP contribution in [0.4, 0.5) is 0 Å². The third kappa shape index (κ3) is 3.11. The van der Waals surface area contributed by atoms with E-state index in [9.17, 15) is 4.79 Å². The first-order chi connectivity index (χ1) is 8.69. The predicted octanol–water partition coefficient (Wildman–Crippen LogP) is 2.02. The Labute approximate surface area is 106 Å². The van der Waals surface area contributed by atoms with Gasteiger partial charge in [-0.3, -0.25) is 4.90 Å². The zero-order valence-corrected chi connectivity index (χ0v) is 10.2. The summed E-state index contributed by atoms with van der Waals surface area (Å²) in [5.74, 6) is -0.190. The van der Waals surface area contributed by atoms with Gasteiger partial charge in [0.1, 0.15) is 11.9 Å². The molecule has 1 N–H and O–H groups in total. The maximum atomic E-state index is 10.7. The van der Waals surface area contributed by atoms with Crippen molar-refractivity contribution in [1.29, 1.82) is 0 Å². The summed E-state index contributed by atoms with van der Waals surface area (Å²) < 4.78 is 5.82. The van der Waals surface area contributed by atoms with Crippen molar-refractivity contribution in [2.45, 2.75) is 12.5 Å². The highest BCUT2D eigenvalue weighted by Crippen LogP contribution is 2.19. The van der Waals surface area contributed by atoms with Gasteiger partial charge >= 0.3 is 5.97 Å². The number of carboxylic acids is 1. The molecule has 4 nitrogen and oxygen atoms in total. The topological polar surface area (TPSA) is 49.8 Å². The van der Waals surface area contributed by atoms with Crippen LogP contribution in [0.5, 0.6) is 5.75 Å². The maximum Gasteiger partial charge on any atom is 0.335 e. The second-order valence-electron chi connectivity index (χ2n) is 4.41. The lowest BCUT2D eigenvalue weighted by Crippen LogP contribution is -2.24. The molecule has 0 bridgehead atoms. The van der Waals surface area contributed by atoms with E-state index in [0.717, 1.165) is 31.8 Å². The smallest absolute Gasteiger partial charge is 0.335 e. The fourth-order valence-corrected chi connectivity index (χ4v) is 2.11. The van der Waals surface area contributed by atoms with Crippen LogP contribution in [0.25, 0.3) is 0 Å². The summed E-state index contributed by atoms with van der Waals surface area (Å²) in [5, 5.41) is 8.80. The third-order valence-corrected chi connectivity index (χ3v) is 3.02. The Morgan fingerprint density at radius 1 is 1.50 bits per heavy atom. The Morgan fingerprint density at radius 2 is 2.22 bits per heavy atom. The maximum absolute atomic E-state index is 10.7. The Bertz CT molecular complexity index is 427. The molecular weight excluding hydrogens is 230 g/mol. The van der Waals surface area contributed by atoms with E-state index in [2.05, 4.69) is 11.5 Å². The van der Waals surface area contributed by atoms with Crippen LogP contribution in [0.1, 0.15) is 16.8 Å². The summed E-state index contributed by atoms with van der Waals surface area (Å²) in [6.45, 7) is 6.52. The average Bonchev–Trinajstić information content (AvgIpc) is 2.78. The molecule has 1 atom stereocenters. The van der Waals surface area contributed by atoms with E-state index in [1.807, 2.05) is 6.08 Å². The predicted molar refractivity (Wildman–Crippen MR) is 69.1 cm³/mol. The van der Waals surface area contributed by atoms with Crippen LogP contribution in [-0.4, -0.2) is 41.7 Å². The SMILES string of the molecule is C=CCN1CCC(Oc2ccc(C(=O)O)cc2)C1. The van der Waals surface area contributed by atoms with Gasteiger partial charge in [-0.15, -0.1) is 6.58 Å². The molecule has 4 heteroatoms. The molecule has 0 radical (unpaired) electrons. The molecule has 0 spiro atoms. The van der Waals surface area contributed by atoms with Crippen LogP contribution in [-0.2, 0) is 0 Å². The molecule has 1 aliphatic rings. The van der Waals surface area contributed by atoms with Crippen molar-refractivity contribution in [1.82, 2.24) is 4.90 Å². The molecule has 1 heterocycles. The number of ether oxygens (including phenoxy) is 1. The van der Waals surface area contributed by atoms with Gasteiger partial charge in [0.25, 0.3) is 0 Å². The van der Waals surface area contributed by atoms with Gasteiger partial charge in [0.2, 0.25) is 0 Å². The molecule has 96 valence electrons. The number of nitrogens with zero attached hydrogens (tertiary/aromatic N) is 1. The van der Waals surface area contributed by atoms with Crippen molar-refractivity contribution in [2.75, 3.05) is 19.6 Å². The number of hydrogen-bond acceptors (Lipinski definition) is 3. The van der Waals surface area contributed by atoms with E-state index < -0.39 is 5.97 Å². The number of carboxylic acid groups (broad SMARTS) is 1. The molecule has 0 aliphatic carbocycles. The first-order valence-electron chi connectivity index (χ1n) is 6.02. The molecule has 1 unspecified atom stereocenters. The first-order valence-corrected chi connectivity index (χ1v) is 6.02. The third-order valence-electron chi connectivity index (χ3n) is 3.02. The van der Waals surface area contributed by atoms with Crippen molar-refractivity contribution < 1.29 is 14.6 Å². The van der Waals surface area contributed by atoms with Gasteiger partial charge in [0.05, 0.1) is 5.56 Å². The minimum Gasteiger partial charge on any atom is -0.489 e. The Hall–Kier alpha value is -1.81. The summed E-state index contributed by atoms with van der Waals surface area (Å²) in [5.41, 5.74) is 0.280. The minimum atomic E-state index is -0.917. The van der Waals surface area contributed by atoms with Gasteiger partial charge in [-0.2, -0.15) is 0 Å². The fraction of sp³-hybridized carbons (Fsp3) is 0.357. The van der Waals surface area contributed by atoms with Crippen molar-refractivity contribution >= 4 is 5.97 Å². The fourth-order valence-electron chi connectivity index (χ4n) is 2.11. The highest BCUT2D eigenvalue weighted by molar-refractivity contribution is 5.87. The van der Waals surface area contributed by atoms with E-state index in [1.54, 1.807) is 24.3 Å². The van der Waals surface area contributed by atoms with Gasteiger partial charge in [0.15, 0.2) is 0 Å². The van der Waals surface area contributed by atoms with Gasteiger partial charge in [-0.1, -0.05) is 6.08 Å². The summed E-state index contributed by atoms with van der Waals surface area (Å²) in [7, 11) is 0. The quantitative estimate of drug-likeness (QED) is 0.809. The van der Waals surface area contributed by atoms with E-state index in [-0.39, 0.29) is 11.7 Å². The average molecular weight is 247 g/mol. The molecule has 1 fully saturated rings. The molecular formula is C14H17NO3. The zero-order valence-electron chi connectivity index (χ0n) is 10.2. The van der Waals surface area contributed by atoms with Crippen molar-refractivity contribution in [3.05, 3.63) is 42.5 Å². The molecule has 2 rings (SSSR count). The lowest BCUT2D eigenvalue weighted by atomic mass is 10.2. The normalized spacial score (nSPS) is 19.7. The van der Waals surface area contributed by atoms with Crippen LogP contribution in [0.3, 0.4) is 0 Å². The number of carbonyl (C=O) groups is 1. The summed E-state index contributed by atoms with van der Waals surface area (Å²) in [6, 6.07) is 6.54. The standard InChI is InChI=1S/C14H17NO3/c1-2-8-15-9-7-13(10-15)18-12-5-3-11(4-6-12)14(16)17/h2-6,13H,1,7-10H2,(H,16,17). The molecule has 1 aromatic carbocycles. The summed E-state index contributed by atoms with van der Waals surface area (Å²) in [4.78, 5) is 13.0. The number of rotatable bonds is 5. The van der Waals surface area contributed by atoms with Gasteiger partial charge in [-0.05, 0) is 30.7 Å². The highest BCUT2D eigenvalue weighted by Gasteiger charge is 2.22. The van der Waals surface area contributed by atoms with Crippen molar-refractivity contribution in [3.8, 4) is 5.75 Å². The highest BCUT2D eigenvalue weighted by atomic mass is 16.5. The van der Waals surface area contributed by atoms with Crippen LogP contribution < -0.4 is 4.74 Å². The number of aromatic carboxylic acids is 1. The van der Waals surface area contributed by atoms with Crippen LogP contribution >= 0.6 is 0 Å². The second kappa shape index (κ2) is 5.69. The lowest BCUT2D eigenvalue weighted by Gasteiger charge is -2.15. The molecule has 0 aromatic heterocycles. The Balaban J connectivity index is 1.90. The van der Waals surface area contributed by atoms with Crippen LogP contribution in [0.15, 0.2) is 36.9 Å². The van der Waals surface area contributed by atoms with Crippen LogP contribution in [0, 0.1) is 0 Å². The Morgan fingerprint density at radius 3 is 2.83 bits per heavy atom. The number of benzene rings is 1. The largest absolute Gasteiger partial charge is 0.489 e. The summed E-state index contributed by atoms with van der Waals surface area (Å²) >= 11 is 0. The van der Waals surface area contributed by atoms with Crippen molar-refractivity contribution in [2.24, 2.45) is 0 Å². The molecule has 0 amide bonds. The van der Waals surface area contributed by atoms with Gasteiger partial charge in [0, 0.05) is 19.6 Å². The molecule has 1 saturated heterocycles. The molecule has 1 aliphatic heterocycles. The number of hydrogen-bond donors (Lipinski definition) is 1. The minimum absolute atomic E-state index is 0.181. The van der Waals surface area contributed by atoms with E-state index in [4.69, 9.17) is 9.84 Å². The van der Waals surface area contributed by atoms with Crippen LogP contribution in [0.2, 0.25) is 0 Å². The van der Waals surface area contributed by atoms with Crippen molar-refractivity contribution in [3.63, 3.8) is 0 Å². The van der Waals surface area contributed by atoms with E-state index >= 15 is 0 Å². The van der Waals surface area contributed by atoms with E-state index in [0.29, 0.717) is 0 Å². The van der Waals surface area contributed by atoms with E-state index in [1.165, 1.54) is 0 Å². The lowest BCUT2D eigenvalue weighted by molar-refractivity contribution is 0.0697. The molecule has 18 heavy (non-hydrogen) atoms. The first kappa shape index (κ1) is 12.6. The molecule has 1 aromatic rings. The monoisotopic (exact) mass is 247 g/mol. The zero-order chi connectivity index (χ0) is 13.0. The summed E-state index contributed by atoms with van der Waals surface area (Å²) in [6.07, 6.45) is 3.07. The second-order valence-corrected chi connectivity index (χ2v) is 4.41. The Kier molecular flexibility index (Phi) is 3.99. The molecule has 0 saturated carbocycles. The van der Waals surface area contributed by atoms with Gasteiger partial charge in [-0.25, -0.2) is 4.79 Å². The number of likely N-dealkylation sites (tertiary alicyclic amines) is 1. The van der Waals surface area contributed by atoms with Gasteiger partial charge < -0.3 is 9.84 Å².